The summed E-state index contributed by atoms with van der Waals surface area (Å²) in [6.07, 6.45) is 1.07. The van der Waals surface area contributed by atoms with Crippen LogP contribution in [0, 0.1) is 0 Å². The van der Waals surface area contributed by atoms with E-state index < -0.39 is 15.2 Å². The summed E-state index contributed by atoms with van der Waals surface area (Å²) in [4.78, 5) is 13.0. The van der Waals surface area contributed by atoms with Crippen molar-refractivity contribution in [2.45, 2.75) is 12.3 Å². The molecule has 0 saturated carbocycles. The van der Waals surface area contributed by atoms with E-state index in [2.05, 4.69) is 5.32 Å². The number of likely N-dealkylation sites (N-methyl/N-ethyl adjacent to an activating group) is 1. The number of sulfone groups is 1. The van der Waals surface area contributed by atoms with Gasteiger partial charge in [0, 0.05) is 25.9 Å². The molecule has 1 amide bonds. The SMILES string of the molecule is CCN1CCNC(S(C)(=O)=O)C1=O. The number of hydrogen-bond donors (Lipinski definition) is 1. The van der Waals surface area contributed by atoms with Crippen LogP contribution < -0.4 is 5.32 Å². The van der Waals surface area contributed by atoms with Crippen LogP contribution in [0.3, 0.4) is 0 Å². The van der Waals surface area contributed by atoms with Crippen molar-refractivity contribution in [2.24, 2.45) is 0 Å². The zero-order valence-electron chi connectivity index (χ0n) is 7.78. The number of nitrogens with one attached hydrogen (secondary N) is 1. The molecule has 0 aliphatic carbocycles. The first-order valence-corrected chi connectivity index (χ1v) is 6.13. The fourth-order valence-electron chi connectivity index (χ4n) is 1.34. The molecule has 1 aliphatic heterocycles. The lowest BCUT2D eigenvalue weighted by atomic mass is 10.3. The smallest absolute Gasteiger partial charge is 0.255 e. The van der Waals surface area contributed by atoms with Gasteiger partial charge in [-0.25, -0.2) is 8.42 Å². The Labute approximate surface area is 78.0 Å². The lowest BCUT2D eigenvalue weighted by molar-refractivity contribution is -0.132. The molecule has 0 spiro atoms. The van der Waals surface area contributed by atoms with E-state index in [9.17, 15) is 13.2 Å². The molecule has 0 aromatic carbocycles. The Morgan fingerprint density at radius 3 is 2.69 bits per heavy atom. The predicted octanol–water partition coefficient (Wildman–Crippen LogP) is -1.19. The third kappa shape index (κ3) is 2.19. The van der Waals surface area contributed by atoms with Crippen molar-refractivity contribution in [1.29, 1.82) is 0 Å². The topological polar surface area (TPSA) is 66.5 Å². The van der Waals surface area contributed by atoms with Gasteiger partial charge in [0.25, 0.3) is 5.91 Å². The van der Waals surface area contributed by atoms with Gasteiger partial charge in [0.05, 0.1) is 0 Å². The minimum atomic E-state index is -3.32. The van der Waals surface area contributed by atoms with Crippen molar-refractivity contribution in [3.8, 4) is 0 Å². The van der Waals surface area contributed by atoms with E-state index in [0.717, 1.165) is 6.26 Å². The van der Waals surface area contributed by atoms with Crippen LogP contribution in [0.4, 0.5) is 0 Å². The first-order valence-electron chi connectivity index (χ1n) is 4.18. The minimum absolute atomic E-state index is 0.337. The Kier molecular flexibility index (Phi) is 2.92. The van der Waals surface area contributed by atoms with E-state index in [-0.39, 0.29) is 5.91 Å². The van der Waals surface area contributed by atoms with E-state index in [1.165, 1.54) is 0 Å². The van der Waals surface area contributed by atoms with Crippen molar-refractivity contribution >= 4 is 15.7 Å². The van der Waals surface area contributed by atoms with Crippen molar-refractivity contribution in [2.75, 3.05) is 25.9 Å². The van der Waals surface area contributed by atoms with Gasteiger partial charge in [-0.2, -0.15) is 0 Å². The lowest BCUT2D eigenvalue weighted by Gasteiger charge is -2.31. The summed E-state index contributed by atoms with van der Waals surface area (Å²) >= 11 is 0. The van der Waals surface area contributed by atoms with Gasteiger partial charge in [-0.15, -0.1) is 0 Å². The van der Waals surface area contributed by atoms with Gasteiger partial charge in [-0.05, 0) is 6.92 Å². The second-order valence-electron chi connectivity index (χ2n) is 3.08. The lowest BCUT2D eigenvalue weighted by Crippen LogP contribution is -2.57. The number of piperazine rings is 1. The molecule has 76 valence electrons. The Morgan fingerprint density at radius 1 is 1.62 bits per heavy atom. The molecule has 13 heavy (non-hydrogen) atoms. The number of amides is 1. The molecular formula is C7H14N2O3S. The molecule has 0 radical (unpaired) electrons. The first-order chi connectivity index (χ1) is 5.96. The number of carbonyl (C=O) groups is 1. The molecule has 1 atom stereocenters. The highest BCUT2D eigenvalue weighted by molar-refractivity contribution is 7.92. The molecule has 5 nitrogen and oxygen atoms in total. The van der Waals surface area contributed by atoms with Crippen molar-refractivity contribution in [1.82, 2.24) is 10.2 Å². The van der Waals surface area contributed by atoms with Crippen LogP contribution in [0.2, 0.25) is 0 Å². The van der Waals surface area contributed by atoms with E-state index in [1.54, 1.807) is 4.90 Å². The summed E-state index contributed by atoms with van der Waals surface area (Å²) in [5, 5.41) is 1.65. The van der Waals surface area contributed by atoms with E-state index in [4.69, 9.17) is 0 Å². The van der Waals surface area contributed by atoms with E-state index in [1.807, 2.05) is 6.92 Å². The van der Waals surface area contributed by atoms with Gasteiger partial charge in [0.2, 0.25) is 0 Å². The Morgan fingerprint density at radius 2 is 2.23 bits per heavy atom. The molecule has 0 bridgehead atoms. The third-order valence-electron chi connectivity index (χ3n) is 2.06. The van der Waals surface area contributed by atoms with Crippen molar-refractivity contribution in [3.63, 3.8) is 0 Å². The van der Waals surface area contributed by atoms with Gasteiger partial charge >= 0.3 is 0 Å². The average molecular weight is 206 g/mol. The molecule has 0 aromatic heterocycles. The highest BCUT2D eigenvalue weighted by Crippen LogP contribution is 2.05. The Hall–Kier alpha value is -0.620. The zero-order valence-corrected chi connectivity index (χ0v) is 8.60. The van der Waals surface area contributed by atoms with E-state index in [0.29, 0.717) is 19.6 Å². The molecule has 0 aromatic rings. The summed E-state index contributed by atoms with van der Waals surface area (Å²) in [6.45, 7) is 3.52. The highest BCUT2D eigenvalue weighted by atomic mass is 32.2. The molecule has 1 aliphatic rings. The van der Waals surface area contributed by atoms with Crippen LogP contribution in [0.15, 0.2) is 0 Å². The molecule has 1 rings (SSSR count). The first kappa shape index (κ1) is 10.5. The molecule has 1 heterocycles. The second kappa shape index (κ2) is 3.63. The van der Waals surface area contributed by atoms with Gasteiger partial charge in [0.1, 0.15) is 0 Å². The van der Waals surface area contributed by atoms with Crippen molar-refractivity contribution < 1.29 is 13.2 Å². The summed E-state index contributed by atoms with van der Waals surface area (Å²) < 4.78 is 22.3. The van der Waals surface area contributed by atoms with Crippen LogP contribution in [0.1, 0.15) is 6.92 Å². The Bertz CT molecular complexity index is 299. The standard InChI is InChI=1S/C7H14N2O3S/c1-3-9-5-4-8-6(7(9)10)13(2,11)12/h6,8H,3-5H2,1-2H3. The van der Waals surface area contributed by atoms with Crippen LogP contribution >= 0.6 is 0 Å². The van der Waals surface area contributed by atoms with Crippen LogP contribution in [-0.4, -0.2) is 50.5 Å². The van der Waals surface area contributed by atoms with E-state index >= 15 is 0 Å². The van der Waals surface area contributed by atoms with Crippen LogP contribution in [0.5, 0.6) is 0 Å². The predicted molar refractivity (Wildman–Crippen MR) is 48.9 cm³/mol. The highest BCUT2D eigenvalue weighted by Gasteiger charge is 2.34. The molecule has 1 fully saturated rings. The fraction of sp³-hybridized carbons (Fsp3) is 0.857. The maximum absolute atomic E-state index is 11.5. The second-order valence-corrected chi connectivity index (χ2v) is 5.21. The van der Waals surface area contributed by atoms with Gasteiger partial charge in [-0.3, -0.25) is 10.1 Å². The molecular weight excluding hydrogens is 192 g/mol. The number of rotatable bonds is 2. The number of carbonyl (C=O) groups excluding carboxylic acids is 1. The normalized spacial score (nSPS) is 24.9. The van der Waals surface area contributed by atoms with Gasteiger partial charge < -0.3 is 4.90 Å². The monoisotopic (exact) mass is 206 g/mol. The van der Waals surface area contributed by atoms with Gasteiger partial charge in [-0.1, -0.05) is 0 Å². The van der Waals surface area contributed by atoms with Gasteiger partial charge in [0.15, 0.2) is 15.2 Å². The Balaban J connectivity index is 2.83. The maximum atomic E-state index is 11.5. The van der Waals surface area contributed by atoms with Crippen LogP contribution in [0.25, 0.3) is 0 Å². The minimum Gasteiger partial charge on any atom is -0.339 e. The summed E-state index contributed by atoms with van der Waals surface area (Å²) in [5.41, 5.74) is 0. The zero-order chi connectivity index (χ0) is 10.1. The molecule has 6 heteroatoms. The molecule has 1 N–H and O–H groups in total. The number of hydrogen-bond acceptors (Lipinski definition) is 4. The largest absolute Gasteiger partial charge is 0.339 e. The quantitative estimate of drug-likeness (QED) is 0.617. The summed E-state index contributed by atoms with van der Waals surface area (Å²) in [7, 11) is -3.32. The maximum Gasteiger partial charge on any atom is 0.255 e. The number of nitrogens with zero attached hydrogens (tertiary/aromatic N) is 1. The summed E-state index contributed by atoms with van der Waals surface area (Å²) in [6, 6.07) is 0. The third-order valence-corrected chi connectivity index (χ3v) is 3.28. The average Bonchev–Trinajstić information content (AvgIpc) is 2.02. The fourth-order valence-corrected chi connectivity index (χ4v) is 2.28. The molecule has 1 unspecified atom stereocenters. The summed E-state index contributed by atoms with van der Waals surface area (Å²) in [5.74, 6) is -0.337. The van der Waals surface area contributed by atoms with Crippen LogP contribution in [-0.2, 0) is 14.6 Å². The van der Waals surface area contributed by atoms with Crippen molar-refractivity contribution in [3.05, 3.63) is 0 Å². The molecule has 1 saturated heterocycles.